The summed E-state index contributed by atoms with van der Waals surface area (Å²) in [4.78, 5) is 21.9. The molecule has 1 fully saturated rings. The summed E-state index contributed by atoms with van der Waals surface area (Å²) in [6.45, 7) is 2.95. The van der Waals surface area contributed by atoms with Crippen molar-refractivity contribution in [3.63, 3.8) is 0 Å². The number of rotatable bonds is 7. The molecule has 0 spiro atoms. The first-order valence-corrected chi connectivity index (χ1v) is 7.49. The maximum atomic E-state index is 11.2. The second-order valence-corrected chi connectivity index (χ2v) is 5.89. The van der Waals surface area contributed by atoms with Crippen molar-refractivity contribution in [1.29, 1.82) is 0 Å². The first-order chi connectivity index (χ1) is 11.0. The number of nitro groups is 1. The van der Waals surface area contributed by atoms with Crippen molar-refractivity contribution in [3.05, 3.63) is 33.9 Å². The molecule has 0 unspecified atom stereocenters. The highest BCUT2D eigenvalue weighted by molar-refractivity contribution is 5.94. The van der Waals surface area contributed by atoms with Gasteiger partial charge in [0.15, 0.2) is 0 Å². The fraction of sp³-hybridized carbons (Fsp3) is 0.533. The van der Waals surface area contributed by atoms with E-state index in [1.165, 1.54) is 18.2 Å². The van der Waals surface area contributed by atoms with Crippen molar-refractivity contribution in [2.45, 2.75) is 12.8 Å². The molecule has 1 saturated heterocycles. The number of nitrogens with two attached hydrogens (primary N) is 1. The Kier molecular flexibility index (Phi) is 5.51. The first kappa shape index (κ1) is 17.2. The van der Waals surface area contributed by atoms with Gasteiger partial charge in [-0.15, -0.1) is 0 Å². The number of ether oxygens (including phenoxy) is 1. The van der Waals surface area contributed by atoms with Gasteiger partial charge in [-0.3, -0.25) is 14.9 Å². The van der Waals surface area contributed by atoms with Crippen molar-refractivity contribution < 1.29 is 14.5 Å². The van der Waals surface area contributed by atoms with Gasteiger partial charge in [-0.2, -0.15) is 0 Å². The van der Waals surface area contributed by atoms with Gasteiger partial charge in [-0.25, -0.2) is 0 Å². The molecule has 0 radical (unpaired) electrons. The molecule has 1 aromatic carbocycles. The van der Waals surface area contributed by atoms with E-state index in [4.69, 9.17) is 10.5 Å². The summed E-state index contributed by atoms with van der Waals surface area (Å²) in [6.07, 6.45) is 1.86. The molecule has 1 heterocycles. The third-order valence-electron chi connectivity index (χ3n) is 4.25. The van der Waals surface area contributed by atoms with Crippen LogP contribution in [0.5, 0.6) is 0 Å². The molecule has 8 heteroatoms. The summed E-state index contributed by atoms with van der Waals surface area (Å²) in [5.41, 5.74) is 5.47. The number of hydrogen-bond donors (Lipinski definition) is 3. The molecular formula is C15H22N4O4. The molecular weight excluding hydrogens is 300 g/mol. The van der Waals surface area contributed by atoms with E-state index < -0.39 is 10.8 Å². The number of nitrogens with one attached hydrogen (secondary N) is 2. The van der Waals surface area contributed by atoms with Crippen LogP contribution in [-0.4, -0.2) is 44.2 Å². The number of nitro benzene ring substituents is 1. The molecule has 0 bridgehead atoms. The van der Waals surface area contributed by atoms with Gasteiger partial charge in [0.2, 0.25) is 5.91 Å². The zero-order valence-electron chi connectivity index (χ0n) is 13.1. The Morgan fingerprint density at radius 2 is 2.17 bits per heavy atom. The quantitative estimate of drug-likeness (QED) is 0.511. The number of hydrogen-bond acceptors (Lipinski definition) is 6. The van der Waals surface area contributed by atoms with E-state index in [0.717, 1.165) is 25.9 Å². The van der Waals surface area contributed by atoms with Crippen LogP contribution < -0.4 is 16.4 Å². The van der Waals surface area contributed by atoms with Gasteiger partial charge >= 0.3 is 0 Å². The minimum Gasteiger partial charge on any atom is -0.384 e. The summed E-state index contributed by atoms with van der Waals surface area (Å²) >= 11 is 0. The summed E-state index contributed by atoms with van der Waals surface area (Å²) in [5, 5.41) is 17.7. The van der Waals surface area contributed by atoms with Crippen molar-refractivity contribution in [2.24, 2.45) is 11.1 Å². The number of amides is 1. The Balaban J connectivity index is 2.18. The number of piperidine rings is 1. The number of benzene rings is 1. The van der Waals surface area contributed by atoms with Crippen LogP contribution in [0.15, 0.2) is 18.2 Å². The lowest BCUT2D eigenvalue weighted by atomic mass is 9.79. The third kappa shape index (κ3) is 4.17. The molecule has 1 aromatic rings. The lowest BCUT2D eigenvalue weighted by Crippen LogP contribution is -2.44. The summed E-state index contributed by atoms with van der Waals surface area (Å²) in [5.74, 6) is -0.686. The molecule has 0 atom stereocenters. The highest BCUT2D eigenvalue weighted by atomic mass is 16.6. The SMILES string of the molecule is COCC1(CNc2ccc(C(N)=O)cc2[N+](=O)[O-])CCNCC1. The maximum Gasteiger partial charge on any atom is 0.293 e. The van der Waals surface area contributed by atoms with Crippen LogP contribution in [0, 0.1) is 15.5 Å². The Labute approximate surface area is 134 Å². The van der Waals surface area contributed by atoms with Gasteiger partial charge in [-0.05, 0) is 38.1 Å². The Morgan fingerprint density at radius 3 is 2.74 bits per heavy atom. The highest BCUT2D eigenvalue weighted by Gasteiger charge is 2.32. The van der Waals surface area contributed by atoms with E-state index in [1.807, 2.05) is 0 Å². The number of nitrogens with zero attached hydrogens (tertiary/aromatic N) is 1. The monoisotopic (exact) mass is 322 g/mol. The van der Waals surface area contributed by atoms with E-state index in [2.05, 4.69) is 10.6 Å². The predicted molar refractivity (Wildman–Crippen MR) is 86.5 cm³/mol. The molecule has 1 aliphatic heterocycles. The highest BCUT2D eigenvalue weighted by Crippen LogP contribution is 2.32. The van der Waals surface area contributed by atoms with Crippen molar-refractivity contribution in [2.75, 3.05) is 38.7 Å². The summed E-state index contributed by atoms with van der Waals surface area (Å²) in [7, 11) is 1.66. The van der Waals surface area contributed by atoms with Gasteiger partial charge in [0, 0.05) is 30.7 Å². The van der Waals surface area contributed by atoms with Gasteiger partial charge in [-0.1, -0.05) is 0 Å². The minimum atomic E-state index is -0.686. The normalized spacial score (nSPS) is 16.7. The Bertz CT molecular complexity index is 579. The van der Waals surface area contributed by atoms with E-state index in [1.54, 1.807) is 7.11 Å². The van der Waals surface area contributed by atoms with E-state index >= 15 is 0 Å². The molecule has 0 aromatic heterocycles. The summed E-state index contributed by atoms with van der Waals surface area (Å²) in [6, 6.07) is 4.22. The second-order valence-electron chi connectivity index (χ2n) is 5.89. The largest absolute Gasteiger partial charge is 0.384 e. The fourth-order valence-corrected chi connectivity index (χ4v) is 2.90. The minimum absolute atomic E-state index is 0.0593. The Morgan fingerprint density at radius 1 is 1.48 bits per heavy atom. The molecule has 0 aliphatic carbocycles. The Hall–Kier alpha value is -2.19. The summed E-state index contributed by atoms with van der Waals surface area (Å²) < 4.78 is 5.34. The number of carbonyl (C=O) groups is 1. The van der Waals surface area contributed by atoms with E-state index in [-0.39, 0.29) is 16.7 Å². The molecule has 2 rings (SSSR count). The molecule has 4 N–H and O–H groups in total. The number of carbonyl (C=O) groups excluding carboxylic acids is 1. The van der Waals surface area contributed by atoms with Gasteiger partial charge in [0.05, 0.1) is 11.5 Å². The molecule has 1 amide bonds. The zero-order chi connectivity index (χ0) is 16.9. The average molecular weight is 322 g/mol. The molecule has 8 nitrogen and oxygen atoms in total. The molecule has 126 valence electrons. The third-order valence-corrected chi connectivity index (χ3v) is 4.25. The van der Waals surface area contributed by atoms with E-state index in [9.17, 15) is 14.9 Å². The zero-order valence-corrected chi connectivity index (χ0v) is 13.1. The van der Waals surface area contributed by atoms with Gasteiger partial charge in [0.1, 0.15) is 5.69 Å². The van der Waals surface area contributed by atoms with E-state index in [0.29, 0.717) is 18.8 Å². The second kappa shape index (κ2) is 7.38. The van der Waals surface area contributed by atoms with Crippen molar-refractivity contribution in [1.82, 2.24) is 5.32 Å². The van der Waals surface area contributed by atoms with Gasteiger partial charge < -0.3 is 21.1 Å². The van der Waals surface area contributed by atoms with Crippen molar-refractivity contribution in [3.8, 4) is 0 Å². The molecule has 1 aliphatic rings. The van der Waals surface area contributed by atoms with Crippen LogP contribution in [0.3, 0.4) is 0 Å². The lowest BCUT2D eigenvalue weighted by molar-refractivity contribution is -0.384. The van der Waals surface area contributed by atoms with Crippen LogP contribution >= 0.6 is 0 Å². The number of methoxy groups -OCH3 is 1. The predicted octanol–water partition coefficient (Wildman–Crippen LogP) is 1.12. The average Bonchev–Trinajstić information content (AvgIpc) is 2.54. The van der Waals surface area contributed by atoms with Crippen molar-refractivity contribution >= 4 is 17.3 Å². The van der Waals surface area contributed by atoms with Crippen LogP contribution in [0.1, 0.15) is 23.2 Å². The first-order valence-electron chi connectivity index (χ1n) is 7.49. The van der Waals surface area contributed by atoms with Crippen LogP contribution in [0.25, 0.3) is 0 Å². The lowest BCUT2D eigenvalue weighted by Gasteiger charge is -2.37. The standard InChI is InChI=1S/C15H22N4O4/c1-23-10-15(4-6-17-7-5-15)9-18-12-3-2-11(14(16)20)8-13(12)19(21)22/h2-3,8,17-18H,4-7,9-10H2,1H3,(H2,16,20). The van der Waals surface area contributed by atoms with Gasteiger partial charge in [0.25, 0.3) is 5.69 Å². The fourth-order valence-electron chi connectivity index (χ4n) is 2.90. The number of anilines is 1. The molecule has 23 heavy (non-hydrogen) atoms. The van der Waals surface area contributed by atoms with Crippen LogP contribution in [0.4, 0.5) is 11.4 Å². The van der Waals surface area contributed by atoms with Crippen LogP contribution in [0.2, 0.25) is 0 Å². The van der Waals surface area contributed by atoms with Crippen LogP contribution in [-0.2, 0) is 4.74 Å². The maximum absolute atomic E-state index is 11.2. The molecule has 0 saturated carbocycles. The smallest absolute Gasteiger partial charge is 0.293 e. The topological polar surface area (TPSA) is 120 Å². The number of primary amides is 1.